The van der Waals surface area contributed by atoms with Gasteiger partial charge in [0.05, 0.1) is 0 Å². The summed E-state index contributed by atoms with van der Waals surface area (Å²) in [4.78, 5) is 21.5. The molecule has 7 heteroatoms. The van der Waals surface area contributed by atoms with Crippen LogP contribution in [0.15, 0.2) is 43.0 Å². The number of carbonyl (C=O) groups excluding carboxylic acids is 1. The van der Waals surface area contributed by atoms with Crippen LogP contribution in [-0.4, -0.2) is 62.8 Å². The lowest BCUT2D eigenvalue weighted by atomic mass is 10.0. The molecule has 3 rings (SSSR count). The molecular formula is C20H30N6O. The number of urea groups is 1. The molecule has 0 saturated carbocycles. The van der Waals surface area contributed by atoms with Gasteiger partial charge in [-0.25, -0.2) is 4.79 Å². The molecule has 2 aromatic heterocycles. The molecule has 27 heavy (non-hydrogen) atoms. The van der Waals surface area contributed by atoms with E-state index in [1.165, 1.54) is 0 Å². The zero-order valence-electron chi connectivity index (χ0n) is 16.3. The highest BCUT2D eigenvalue weighted by molar-refractivity contribution is 5.75. The van der Waals surface area contributed by atoms with Gasteiger partial charge in [0, 0.05) is 50.0 Å². The molecule has 1 aliphatic heterocycles. The van der Waals surface area contributed by atoms with E-state index in [2.05, 4.69) is 34.3 Å². The third-order valence-corrected chi connectivity index (χ3v) is 5.21. The van der Waals surface area contributed by atoms with Gasteiger partial charge in [0.15, 0.2) is 0 Å². The number of nitrogens with zero attached hydrogens (tertiary/aromatic N) is 5. The summed E-state index contributed by atoms with van der Waals surface area (Å²) in [5.74, 6) is 0. The summed E-state index contributed by atoms with van der Waals surface area (Å²) in [5, 5.41) is 7.41. The van der Waals surface area contributed by atoms with Crippen LogP contribution in [-0.2, 0) is 13.1 Å². The molecule has 1 N–H and O–H groups in total. The summed E-state index contributed by atoms with van der Waals surface area (Å²) in [7, 11) is 2.14. The SMILES string of the molecule is C[C@@H](CCn1cccn1)NC(=O)N(Cc1ccncc1)C1CCN(C)CC1. The maximum Gasteiger partial charge on any atom is 0.318 e. The van der Waals surface area contributed by atoms with E-state index in [4.69, 9.17) is 0 Å². The Morgan fingerprint density at radius 3 is 2.70 bits per heavy atom. The van der Waals surface area contributed by atoms with Gasteiger partial charge in [0.1, 0.15) is 0 Å². The van der Waals surface area contributed by atoms with E-state index in [9.17, 15) is 4.79 Å². The van der Waals surface area contributed by atoms with E-state index in [1.54, 1.807) is 18.6 Å². The lowest BCUT2D eigenvalue weighted by Crippen LogP contribution is -2.51. The Morgan fingerprint density at radius 1 is 1.30 bits per heavy atom. The zero-order valence-corrected chi connectivity index (χ0v) is 16.3. The molecule has 0 aliphatic carbocycles. The highest BCUT2D eigenvalue weighted by Crippen LogP contribution is 2.18. The minimum absolute atomic E-state index is 0.0225. The van der Waals surface area contributed by atoms with Crippen molar-refractivity contribution in [3.05, 3.63) is 48.5 Å². The molecule has 1 aliphatic rings. The Balaban J connectivity index is 1.60. The van der Waals surface area contributed by atoms with Gasteiger partial charge in [-0.05, 0) is 70.1 Å². The van der Waals surface area contributed by atoms with Gasteiger partial charge in [0.25, 0.3) is 0 Å². The molecule has 7 nitrogen and oxygen atoms in total. The number of piperidine rings is 1. The quantitative estimate of drug-likeness (QED) is 0.813. The predicted octanol–water partition coefficient (Wildman–Crippen LogP) is 2.36. The summed E-state index contributed by atoms with van der Waals surface area (Å²) >= 11 is 0. The second-order valence-corrected chi connectivity index (χ2v) is 7.43. The fraction of sp³-hybridized carbons (Fsp3) is 0.550. The van der Waals surface area contributed by atoms with Crippen LogP contribution in [0.5, 0.6) is 0 Å². The second-order valence-electron chi connectivity index (χ2n) is 7.43. The minimum Gasteiger partial charge on any atom is -0.335 e. The first-order valence-electron chi connectivity index (χ1n) is 9.74. The molecular weight excluding hydrogens is 340 g/mol. The van der Waals surface area contributed by atoms with Crippen molar-refractivity contribution < 1.29 is 4.79 Å². The van der Waals surface area contributed by atoms with Crippen LogP contribution >= 0.6 is 0 Å². The number of aryl methyl sites for hydroxylation is 1. The number of rotatable bonds is 7. The van der Waals surface area contributed by atoms with Crippen molar-refractivity contribution in [2.45, 2.75) is 51.4 Å². The smallest absolute Gasteiger partial charge is 0.318 e. The van der Waals surface area contributed by atoms with Crippen LogP contribution in [0.4, 0.5) is 4.79 Å². The van der Waals surface area contributed by atoms with Crippen LogP contribution in [0.2, 0.25) is 0 Å². The van der Waals surface area contributed by atoms with Gasteiger partial charge in [-0.3, -0.25) is 9.67 Å². The molecule has 1 fully saturated rings. The summed E-state index contributed by atoms with van der Waals surface area (Å²) < 4.78 is 1.90. The van der Waals surface area contributed by atoms with Crippen LogP contribution in [0, 0.1) is 0 Å². The molecule has 3 heterocycles. The van der Waals surface area contributed by atoms with Crippen molar-refractivity contribution in [3.8, 4) is 0 Å². The van der Waals surface area contributed by atoms with Gasteiger partial charge in [-0.15, -0.1) is 0 Å². The third-order valence-electron chi connectivity index (χ3n) is 5.21. The zero-order chi connectivity index (χ0) is 19.1. The van der Waals surface area contributed by atoms with Crippen LogP contribution < -0.4 is 5.32 Å². The Bertz CT molecular complexity index is 682. The van der Waals surface area contributed by atoms with Crippen LogP contribution in [0.1, 0.15) is 31.7 Å². The normalized spacial score (nSPS) is 16.8. The molecule has 2 amide bonds. The maximum atomic E-state index is 13.1. The number of hydrogen-bond acceptors (Lipinski definition) is 4. The number of nitrogens with one attached hydrogen (secondary N) is 1. The topological polar surface area (TPSA) is 66.3 Å². The van der Waals surface area contributed by atoms with E-state index >= 15 is 0 Å². The molecule has 2 aromatic rings. The van der Waals surface area contributed by atoms with Crippen molar-refractivity contribution in [1.82, 2.24) is 29.9 Å². The highest BCUT2D eigenvalue weighted by atomic mass is 16.2. The van der Waals surface area contributed by atoms with E-state index in [1.807, 2.05) is 34.0 Å². The van der Waals surface area contributed by atoms with Crippen molar-refractivity contribution >= 4 is 6.03 Å². The van der Waals surface area contributed by atoms with Gasteiger partial charge in [0.2, 0.25) is 0 Å². The Labute approximate surface area is 161 Å². The van der Waals surface area contributed by atoms with Crippen LogP contribution in [0.3, 0.4) is 0 Å². The predicted molar refractivity (Wildman–Crippen MR) is 105 cm³/mol. The molecule has 146 valence electrons. The Kier molecular flexibility index (Phi) is 6.81. The van der Waals surface area contributed by atoms with Crippen molar-refractivity contribution in [3.63, 3.8) is 0 Å². The summed E-state index contributed by atoms with van der Waals surface area (Å²) in [5.41, 5.74) is 1.11. The standard InChI is InChI=1S/C20H30N6O/c1-17(6-15-25-12-3-9-22-25)23-20(27)26(16-18-4-10-21-11-5-18)19-7-13-24(2)14-8-19/h3-5,9-12,17,19H,6-8,13-16H2,1-2H3,(H,23,27)/t17-/m0/s1. The number of aromatic nitrogens is 3. The molecule has 0 aromatic carbocycles. The van der Waals surface area contributed by atoms with Gasteiger partial charge in [-0.2, -0.15) is 5.10 Å². The van der Waals surface area contributed by atoms with Gasteiger partial charge >= 0.3 is 6.03 Å². The number of carbonyl (C=O) groups is 1. The maximum absolute atomic E-state index is 13.1. The Hall–Kier alpha value is -2.41. The molecule has 1 saturated heterocycles. The van der Waals surface area contributed by atoms with E-state index in [0.717, 1.165) is 44.5 Å². The third kappa shape index (κ3) is 5.79. The van der Waals surface area contributed by atoms with Crippen molar-refractivity contribution in [2.24, 2.45) is 0 Å². The largest absolute Gasteiger partial charge is 0.335 e. The van der Waals surface area contributed by atoms with E-state index in [-0.39, 0.29) is 18.1 Å². The first kappa shape index (κ1) is 19.4. The molecule has 0 unspecified atom stereocenters. The second kappa shape index (κ2) is 9.50. The number of likely N-dealkylation sites (tertiary alicyclic amines) is 1. The fourth-order valence-electron chi connectivity index (χ4n) is 3.48. The Morgan fingerprint density at radius 2 is 2.04 bits per heavy atom. The lowest BCUT2D eigenvalue weighted by Gasteiger charge is -2.38. The average Bonchev–Trinajstić information content (AvgIpc) is 3.20. The number of amides is 2. The van der Waals surface area contributed by atoms with Crippen molar-refractivity contribution in [2.75, 3.05) is 20.1 Å². The van der Waals surface area contributed by atoms with Gasteiger partial charge in [-0.1, -0.05) is 0 Å². The summed E-state index contributed by atoms with van der Waals surface area (Å²) in [6.07, 6.45) is 10.2. The first-order chi connectivity index (χ1) is 13.1. The monoisotopic (exact) mass is 370 g/mol. The van der Waals surface area contributed by atoms with E-state index in [0.29, 0.717) is 6.54 Å². The number of hydrogen-bond donors (Lipinski definition) is 1. The van der Waals surface area contributed by atoms with Crippen molar-refractivity contribution in [1.29, 1.82) is 0 Å². The minimum atomic E-state index is 0.0225. The highest BCUT2D eigenvalue weighted by Gasteiger charge is 2.27. The van der Waals surface area contributed by atoms with Crippen LogP contribution in [0.25, 0.3) is 0 Å². The van der Waals surface area contributed by atoms with E-state index < -0.39 is 0 Å². The molecule has 1 atom stereocenters. The first-order valence-corrected chi connectivity index (χ1v) is 9.74. The molecule has 0 bridgehead atoms. The average molecular weight is 371 g/mol. The van der Waals surface area contributed by atoms with Gasteiger partial charge < -0.3 is 15.1 Å². The molecule has 0 spiro atoms. The number of pyridine rings is 1. The molecule has 0 radical (unpaired) electrons. The fourth-order valence-corrected chi connectivity index (χ4v) is 3.48. The lowest BCUT2D eigenvalue weighted by molar-refractivity contribution is 0.125. The summed E-state index contributed by atoms with van der Waals surface area (Å²) in [6.45, 7) is 5.53. The summed E-state index contributed by atoms with van der Waals surface area (Å²) in [6, 6.07) is 6.27.